The van der Waals surface area contributed by atoms with Crippen molar-refractivity contribution in [1.82, 2.24) is 9.88 Å². The Morgan fingerprint density at radius 3 is 2.42 bits per heavy atom. The molecule has 104 valence electrons. The van der Waals surface area contributed by atoms with Gasteiger partial charge in [-0.3, -0.25) is 9.59 Å². The van der Waals surface area contributed by atoms with Crippen LogP contribution in [-0.4, -0.2) is 41.5 Å². The molecule has 0 fully saturated rings. The van der Waals surface area contributed by atoms with Crippen molar-refractivity contribution in [3.8, 4) is 0 Å². The Morgan fingerprint density at radius 1 is 1.42 bits per heavy atom. The first-order valence-electron chi connectivity index (χ1n) is 5.50. The van der Waals surface area contributed by atoms with Crippen LogP contribution in [0.3, 0.4) is 0 Å². The van der Waals surface area contributed by atoms with Crippen LogP contribution in [0.4, 0.5) is 10.1 Å². The SMILES string of the molecule is CN(C)C(=O)c1ncc(NC(=O)C(C)(C)F)cc1Cl. The summed E-state index contributed by atoms with van der Waals surface area (Å²) >= 11 is 5.91. The van der Waals surface area contributed by atoms with Crippen LogP contribution in [0.5, 0.6) is 0 Å². The average Bonchev–Trinajstić information content (AvgIpc) is 2.26. The van der Waals surface area contributed by atoms with Gasteiger partial charge in [-0.1, -0.05) is 11.6 Å². The maximum Gasteiger partial charge on any atom is 0.273 e. The van der Waals surface area contributed by atoms with Gasteiger partial charge in [-0.25, -0.2) is 9.37 Å². The predicted molar refractivity (Wildman–Crippen MR) is 71.1 cm³/mol. The van der Waals surface area contributed by atoms with E-state index in [-0.39, 0.29) is 22.3 Å². The number of nitrogens with zero attached hydrogens (tertiary/aromatic N) is 2. The van der Waals surface area contributed by atoms with Gasteiger partial charge in [0, 0.05) is 14.1 Å². The van der Waals surface area contributed by atoms with Crippen LogP contribution in [0, 0.1) is 0 Å². The van der Waals surface area contributed by atoms with E-state index < -0.39 is 11.6 Å². The summed E-state index contributed by atoms with van der Waals surface area (Å²) < 4.78 is 13.4. The van der Waals surface area contributed by atoms with Crippen molar-refractivity contribution >= 4 is 29.1 Å². The summed E-state index contributed by atoms with van der Waals surface area (Å²) in [5.74, 6) is -1.16. The molecule has 1 rings (SSSR count). The highest BCUT2D eigenvalue weighted by Crippen LogP contribution is 2.21. The fourth-order valence-electron chi connectivity index (χ4n) is 1.16. The van der Waals surface area contributed by atoms with E-state index in [9.17, 15) is 14.0 Å². The first-order chi connectivity index (χ1) is 8.62. The van der Waals surface area contributed by atoms with E-state index >= 15 is 0 Å². The maximum absolute atomic E-state index is 13.4. The van der Waals surface area contributed by atoms with E-state index in [1.165, 1.54) is 17.2 Å². The van der Waals surface area contributed by atoms with Crippen molar-refractivity contribution in [2.75, 3.05) is 19.4 Å². The predicted octanol–water partition coefficient (Wildman–Crippen LogP) is 2.12. The van der Waals surface area contributed by atoms with Crippen molar-refractivity contribution in [3.05, 3.63) is 23.0 Å². The zero-order valence-electron chi connectivity index (χ0n) is 11.1. The number of nitrogens with one attached hydrogen (secondary N) is 1. The second-order valence-corrected chi connectivity index (χ2v) is 5.09. The molecule has 0 aliphatic carbocycles. The van der Waals surface area contributed by atoms with E-state index in [1.807, 2.05) is 0 Å². The Morgan fingerprint density at radius 2 is 2.00 bits per heavy atom. The zero-order valence-corrected chi connectivity index (χ0v) is 11.9. The van der Waals surface area contributed by atoms with Crippen LogP contribution < -0.4 is 5.32 Å². The quantitative estimate of drug-likeness (QED) is 0.926. The molecule has 19 heavy (non-hydrogen) atoms. The highest BCUT2D eigenvalue weighted by molar-refractivity contribution is 6.33. The molecule has 0 saturated carbocycles. The highest BCUT2D eigenvalue weighted by atomic mass is 35.5. The second kappa shape index (κ2) is 5.52. The van der Waals surface area contributed by atoms with E-state index in [2.05, 4.69) is 10.3 Å². The largest absolute Gasteiger partial charge is 0.343 e. The zero-order chi connectivity index (χ0) is 14.8. The van der Waals surface area contributed by atoms with Gasteiger partial charge in [0.25, 0.3) is 11.8 Å². The normalized spacial score (nSPS) is 11.1. The van der Waals surface area contributed by atoms with Crippen LogP contribution in [0.2, 0.25) is 5.02 Å². The molecular weight excluding hydrogens is 273 g/mol. The van der Waals surface area contributed by atoms with Crippen LogP contribution in [0.1, 0.15) is 24.3 Å². The number of carbonyl (C=O) groups is 2. The lowest BCUT2D eigenvalue weighted by atomic mass is 10.1. The molecule has 5 nitrogen and oxygen atoms in total. The van der Waals surface area contributed by atoms with Gasteiger partial charge >= 0.3 is 0 Å². The average molecular weight is 288 g/mol. The van der Waals surface area contributed by atoms with Gasteiger partial charge in [-0.15, -0.1) is 0 Å². The van der Waals surface area contributed by atoms with E-state index in [0.717, 1.165) is 13.8 Å². The van der Waals surface area contributed by atoms with Gasteiger partial charge in [0.2, 0.25) is 0 Å². The third kappa shape index (κ3) is 3.89. The lowest BCUT2D eigenvalue weighted by Gasteiger charge is -2.15. The minimum Gasteiger partial charge on any atom is -0.343 e. The highest BCUT2D eigenvalue weighted by Gasteiger charge is 2.27. The van der Waals surface area contributed by atoms with Crippen molar-refractivity contribution in [2.45, 2.75) is 19.5 Å². The Bertz CT molecular complexity index is 512. The summed E-state index contributed by atoms with van der Waals surface area (Å²) in [5, 5.41) is 2.42. The third-order valence-corrected chi connectivity index (χ3v) is 2.54. The van der Waals surface area contributed by atoms with Crippen molar-refractivity contribution in [1.29, 1.82) is 0 Å². The standard InChI is InChI=1S/C12H15ClFN3O2/c1-12(2,14)11(19)16-7-5-8(13)9(15-6-7)10(18)17(3)4/h5-6H,1-4H3,(H,16,19). The molecule has 0 aromatic carbocycles. The van der Waals surface area contributed by atoms with Gasteiger partial charge in [0.05, 0.1) is 16.9 Å². The molecule has 1 heterocycles. The molecule has 0 unspecified atom stereocenters. The van der Waals surface area contributed by atoms with Gasteiger partial charge in [0.1, 0.15) is 5.69 Å². The van der Waals surface area contributed by atoms with Crippen molar-refractivity contribution in [2.24, 2.45) is 0 Å². The first-order valence-corrected chi connectivity index (χ1v) is 5.88. The number of aromatic nitrogens is 1. The topological polar surface area (TPSA) is 62.3 Å². The Labute approximate surface area is 115 Å². The summed E-state index contributed by atoms with van der Waals surface area (Å²) in [6, 6.07) is 1.36. The summed E-state index contributed by atoms with van der Waals surface area (Å²) in [4.78, 5) is 28.3. The summed E-state index contributed by atoms with van der Waals surface area (Å²) in [6.45, 7) is 2.28. The summed E-state index contributed by atoms with van der Waals surface area (Å²) in [5.41, 5.74) is -1.70. The molecule has 1 N–H and O–H groups in total. The van der Waals surface area contributed by atoms with E-state index in [4.69, 9.17) is 11.6 Å². The monoisotopic (exact) mass is 287 g/mol. The Kier molecular flexibility index (Phi) is 4.47. The van der Waals surface area contributed by atoms with Crippen LogP contribution >= 0.6 is 11.6 Å². The van der Waals surface area contributed by atoms with Crippen LogP contribution in [-0.2, 0) is 4.79 Å². The van der Waals surface area contributed by atoms with Crippen LogP contribution in [0.15, 0.2) is 12.3 Å². The molecule has 7 heteroatoms. The summed E-state index contributed by atoms with van der Waals surface area (Å²) in [6.07, 6.45) is 1.26. The molecule has 0 radical (unpaired) electrons. The minimum absolute atomic E-state index is 0.0733. The Hall–Kier alpha value is -1.69. The number of halogens is 2. The van der Waals surface area contributed by atoms with Crippen molar-refractivity contribution in [3.63, 3.8) is 0 Å². The van der Waals surface area contributed by atoms with Gasteiger partial charge in [0.15, 0.2) is 5.67 Å². The molecule has 0 saturated heterocycles. The number of hydrogen-bond donors (Lipinski definition) is 1. The number of hydrogen-bond acceptors (Lipinski definition) is 3. The molecule has 0 aliphatic heterocycles. The molecule has 0 bridgehead atoms. The molecular formula is C12H15ClFN3O2. The first kappa shape index (κ1) is 15.4. The fraction of sp³-hybridized carbons (Fsp3) is 0.417. The molecule has 1 aromatic rings. The molecule has 0 aliphatic rings. The molecule has 0 atom stereocenters. The van der Waals surface area contributed by atoms with Gasteiger partial charge in [-0.2, -0.15) is 0 Å². The van der Waals surface area contributed by atoms with E-state index in [0.29, 0.717) is 0 Å². The number of amides is 2. The minimum atomic E-state index is -2.01. The maximum atomic E-state index is 13.4. The molecule has 0 spiro atoms. The fourth-order valence-corrected chi connectivity index (χ4v) is 1.40. The third-order valence-electron chi connectivity index (χ3n) is 2.25. The lowest BCUT2D eigenvalue weighted by molar-refractivity contribution is -0.125. The van der Waals surface area contributed by atoms with Crippen molar-refractivity contribution < 1.29 is 14.0 Å². The van der Waals surface area contributed by atoms with E-state index in [1.54, 1.807) is 14.1 Å². The number of carbonyl (C=O) groups excluding carboxylic acids is 2. The summed E-state index contributed by atoms with van der Waals surface area (Å²) in [7, 11) is 3.14. The van der Waals surface area contributed by atoms with Gasteiger partial charge < -0.3 is 10.2 Å². The smallest absolute Gasteiger partial charge is 0.273 e. The van der Waals surface area contributed by atoms with Gasteiger partial charge in [-0.05, 0) is 19.9 Å². The second-order valence-electron chi connectivity index (χ2n) is 4.68. The number of anilines is 1. The number of rotatable bonds is 3. The lowest BCUT2D eigenvalue weighted by Crippen LogP contribution is -2.32. The molecule has 1 aromatic heterocycles. The van der Waals surface area contributed by atoms with Crippen LogP contribution in [0.25, 0.3) is 0 Å². The molecule has 2 amide bonds. The Balaban J connectivity index is 2.95. The number of alkyl halides is 1. The number of pyridine rings is 1.